The standard InChI is InChI=1S/C18H18N2O2S/c1-13-6-8-17(9-7-13)23(21,22)20-12-16(20)11-15-10-14-4-2-3-5-18(14)19-15/h2-10,16,19H,11-12H2,1H3/t16-,20?/m0/s1. The molecule has 4 nitrogen and oxygen atoms in total. The summed E-state index contributed by atoms with van der Waals surface area (Å²) in [4.78, 5) is 3.74. The Labute approximate surface area is 135 Å². The molecule has 1 aliphatic heterocycles. The monoisotopic (exact) mass is 326 g/mol. The predicted octanol–water partition coefficient (Wildman–Crippen LogP) is 3.09. The molecule has 0 saturated carbocycles. The van der Waals surface area contributed by atoms with Crippen molar-refractivity contribution >= 4 is 20.9 Å². The van der Waals surface area contributed by atoms with Crippen molar-refractivity contribution in [2.24, 2.45) is 0 Å². The highest BCUT2D eigenvalue weighted by molar-refractivity contribution is 7.89. The van der Waals surface area contributed by atoms with Gasteiger partial charge in [0.15, 0.2) is 0 Å². The second kappa shape index (κ2) is 5.22. The molecule has 118 valence electrons. The Morgan fingerprint density at radius 2 is 1.87 bits per heavy atom. The van der Waals surface area contributed by atoms with Crippen molar-refractivity contribution in [2.45, 2.75) is 24.3 Å². The van der Waals surface area contributed by atoms with Gasteiger partial charge in [-0.3, -0.25) is 0 Å². The summed E-state index contributed by atoms with van der Waals surface area (Å²) in [5.41, 5.74) is 3.23. The summed E-state index contributed by atoms with van der Waals surface area (Å²) in [7, 11) is -3.36. The number of fused-ring (bicyclic) bond motifs is 1. The smallest absolute Gasteiger partial charge is 0.243 e. The normalized spacial score (nSPS) is 20.7. The first kappa shape index (κ1) is 14.5. The van der Waals surface area contributed by atoms with Crippen LogP contribution in [0.3, 0.4) is 0 Å². The Hall–Kier alpha value is -2.11. The van der Waals surface area contributed by atoms with Crippen LogP contribution >= 0.6 is 0 Å². The third kappa shape index (κ3) is 2.66. The number of hydrogen-bond donors (Lipinski definition) is 1. The fourth-order valence-electron chi connectivity index (χ4n) is 2.96. The zero-order chi connectivity index (χ0) is 16.0. The SMILES string of the molecule is Cc1ccc(S(=O)(=O)N2C[C@@H]2Cc2cc3ccccc3[nH]2)cc1. The lowest BCUT2D eigenvalue weighted by molar-refractivity contribution is 0.551. The van der Waals surface area contributed by atoms with E-state index in [4.69, 9.17) is 0 Å². The van der Waals surface area contributed by atoms with Gasteiger partial charge in [-0.1, -0.05) is 35.9 Å². The number of para-hydroxylation sites is 1. The average Bonchev–Trinajstić information content (AvgIpc) is 3.18. The molecule has 0 aliphatic carbocycles. The number of aromatic nitrogens is 1. The zero-order valence-electron chi connectivity index (χ0n) is 12.9. The summed E-state index contributed by atoms with van der Waals surface area (Å²) >= 11 is 0. The zero-order valence-corrected chi connectivity index (χ0v) is 13.7. The molecule has 0 amide bonds. The summed E-state index contributed by atoms with van der Waals surface area (Å²) < 4.78 is 26.8. The fourth-order valence-corrected chi connectivity index (χ4v) is 4.55. The van der Waals surface area contributed by atoms with Crippen LogP contribution in [-0.2, 0) is 16.4 Å². The molecule has 2 heterocycles. The highest BCUT2D eigenvalue weighted by atomic mass is 32.2. The van der Waals surface area contributed by atoms with Gasteiger partial charge in [0.05, 0.1) is 4.90 Å². The van der Waals surface area contributed by atoms with E-state index in [1.165, 1.54) is 0 Å². The van der Waals surface area contributed by atoms with Crippen LogP contribution in [-0.4, -0.2) is 30.3 Å². The van der Waals surface area contributed by atoms with Gasteiger partial charge in [-0.2, -0.15) is 4.31 Å². The van der Waals surface area contributed by atoms with E-state index < -0.39 is 10.0 Å². The molecule has 5 heteroatoms. The van der Waals surface area contributed by atoms with E-state index in [0.717, 1.165) is 28.6 Å². The highest BCUT2D eigenvalue weighted by Gasteiger charge is 2.44. The number of nitrogens with one attached hydrogen (secondary N) is 1. The molecule has 3 aromatic rings. The van der Waals surface area contributed by atoms with Crippen molar-refractivity contribution in [3.05, 3.63) is 65.9 Å². The first-order chi connectivity index (χ1) is 11.0. The van der Waals surface area contributed by atoms with Crippen molar-refractivity contribution in [2.75, 3.05) is 6.54 Å². The third-order valence-electron chi connectivity index (χ3n) is 4.33. The van der Waals surface area contributed by atoms with Crippen LogP contribution in [0.1, 0.15) is 11.3 Å². The Morgan fingerprint density at radius 1 is 1.13 bits per heavy atom. The Balaban J connectivity index is 1.52. The molecule has 1 fully saturated rings. The summed E-state index contributed by atoms with van der Waals surface area (Å²) in [5, 5.41) is 1.16. The van der Waals surface area contributed by atoms with E-state index in [9.17, 15) is 8.42 Å². The van der Waals surface area contributed by atoms with E-state index in [2.05, 4.69) is 17.1 Å². The molecule has 1 aliphatic rings. The molecule has 0 bridgehead atoms. The van der Waals surface area contributed by atoms with E-state index in [-0.39, 0.29) is 6.04 Å². The lowest BCUT2D eigenvalue weighted by Gasteiger charge is -2.06. The molecule has 0 spiro atoms. The van der Waals surface area contributed by atoms with Gasteiger partial charge in [0, 0.05) is 30.2 Å². The molecular weight excluding hydrogens is 308 g/mol. The van der Waals surface area contributed by atoms with Crippen LogP contribution in [0.25, 0.3) is 10.9 Å². The first-order valence-corrected chi connectivity index (χ1v) is 9.13. The van der Waals surface area contributed by atoms with Crippen LogP contribution < -0.4 is 0 Å². The van der Waals surface area contributed by atoms with Gasteiger partial charge < -0.3 is 4.98 Å². The minimum Gasteiger partial charge on any atom is -0.358 e. The highest BCUT2D eigenvalue weighted by Crippen LogP contribution is 2.31. The topological polar surface area (TPSA) is 52.9 Å². The molecule has 23 heavy (non-hydrogen) atoms. The van der Waals surface area contributed by atoms with Gasteiger partial charge in [0.25, 0.3) is 0 Å². The Morgan fingerprint density at radius 3 is 2.61 bits per heavy atom. The largest absolute Gasteiger partial charge is 0.358 e. The summed E-state index contributed by atoms with van der Waals surface area (Å²) in [6.07, 6.45) is 0.722. The molecular formula is C18H18N2O2S. The Kier molecular flexibility index (Phi) is 3.28. The van der Waals surface area contributed by atoms with Crippen LogP contribution in [0.5, 0.6) is 0 Å². The molecule has 4 rings (SSSR count). The number of aromatic amines is 1. The minimum atomic E-state index is -3.36. The quantitative estimate of drug-likeness (QED) is 0.749. The molecule has 2 aromatic carbocycles. The maximum atomic E-state index is 12.6. The van der Waals surface area contributed by atoms with Crippen LogP contribution in [0, 0.1) is 6.92 Å². The van der Waals surface area contributed by atoms with E-state index >= 15 is 0 Å². The fraction of sp³-hybridized carbons (Fsp3) is 0.222. The van der Waals surface area contributed by atoms with Gasteiger partial charge in [-0.25, -0.2) is 8.42 Å². The molecule has 1 saturated heterocycles. The van der Waals surface area contributed by atoms with Crippen molar-refractivity contribution in [3.8, 4) is 0 Å². The number of H-pyrrole nitrogens is 1. The van der Waals surface area contributed by atoms with Gasteiger partial charge in [0.2, 0.25) is 10.0 Å². The average molecular weight is 326 g/mol. The second-order valence-electron chi connectivity index (χ2n) is 6.13. The second-order valence-corrected chi connectivity index (χ2v) is 8.02. The number of hydrogen-bond acceptors (Lipinski definition) is 2. The van der Waals surface area contributed by atoms with Gasteiger partial charge >= 0.3 is 0 Å². The predicted molar refractivity (Wildman–Crippen MR) is 90.9 cm³/mol. The molecule has 1 aromatic heterocycles. The lowest BCUT2D eigenvalue weighted by Crippen LogP contribution is -2.15. The van der Waals surface area contributed by atoms with Crippen molar-refractivity contribution in [1.29, 1.82) is 0 Å². The Bertz CT molecular complexity index is 925. The first-order valence-electron chi connectivity index (χ1n) is 7.69. The summed E-state index contributed by atoms with van der Waals surface area (Å²) in [6, 6.07) is 17.3. The van der Waals surface area contributed by atoms with Gasteiger partial charge in [-0.15, -0.1) is 0 Å². The van der Waals surface area contributed by atoms with E-state index in [1.54, 1.807) is 16.4 Å². The van der Waals surface area contributed by atoms with E-state index in [1.807, 2.05) is 37.3 Å². The van der Waals surface area contributed by atoms with Crippen LogP contribution in [0.2, 0.25) is 0 Å². The van der Waals surface area contributed by atoms with Crippen molar-refractivity contribution < 1.29 is 8.42 Å². The number of nitrogens with zero attached hydrogens (tertiary/aromatic N) is 1. The minimum absolute atomic E-state index is 0.0503. The maximum absolute atomic E-state index is 12.6. The van der Waals surface area contributed by atoms with E-state index in [0.29, 0.717) is 11.4 Å². The summed E-state index contributed by atoms with van der Waals surface area (Å²) in [6.45, 7) is 2.54. The summed E-state index contributed by atoms with van der Waals surface area (Å²) in [5.74, 6) is 0. The number of benzene rings is 2. The number of rotatable bonds is 4. The lowest BCUT2D eigenvalue weighted by atomic mass is 10.2. The third-order valence-corrected chi connectivity index (χ3v) is 6.27. The van der Waals surface area contributed by atoms with Crippen LogP contribution in [0.15, 0.2) is 59.5 Å². The molecule has 2 atom stereocenters. The number of sulfonamides is 1. The van der Waals surface area contributed by atoms with Gasteiger partial charge in [0.1, 0.15) is 0 Å². The number of aryl methyl sites for hydroxylation is 1. The van der Waals surface area contributed by atoms with Crippen molar-refractivity contribution in [3.63, 3.8) is 0 Å². The van der Waals surface area contributed by atoms with Gasteiger partial charge in [-0.05, 0) is 36.6 Å². The molecule has 0 radical (unpaired) electrons. The van der Waals surface area contributed by atoms with Crippen molar-refractivity contribution in [1.82, 2.24) is 9.29 Å². The maximum Gasteiger partial charge on any atom is 0.243 e. The van der Waals surface area contributed by atoms with Crippen LogP contribution in [0.4, 0.5) is 0 Å². The molecule has 1 unspecified atom stereocenters. The molecule has 1 N–H and O–H groups in total.